The SMILES string of the molecule is CCCCCCCCCCCCCCC(C)C(=O)OCC(CCCC)CCCCCCCCC. The van der Waals surface area contributed by atoms with Gasteiger partial charge in [0.25, 0.3) is 0 Å². The van der Waals surface area contributed by atoms with Gasteiger partial charge in [0.2, 0.25) is 0 Å². The molecular weight excluding hydrogens is 416 g/mol. The molecule has 0 aromatic carbocycles. The highest BCUT2D eigenvalue weighted by molar-refractivity contribution is 5.71. The van der Waals surface area contributed by atoms with Crippen LogP contribution < -0.4 is 0 Å². The minimum atomic E-state index is 0.0455. The molecule has 0 aliphatic carbocycles. The Labute approximate surface area is 215 Å². The van der Waals surface area contributed by atoms with E-state index >= 15 is 0 Å². The number of ether oxygens (including phenoxy) is 1. The van der Waals surface area contributed by atoms with Crippen LogP contribution in [-0.2, 0) is 9.53 Å². The van der Waals surface area contributed by atoms with E-state index in [1.54, 1.807) is 0 Å². The average molecular weight is 481 g/mol. The fourth-order valence-electron chi connectivity index (χ4n) is 4.95. The lowest BCUT2D eigenvalue weighted by Gasteiger charge is -2.18. The van der Waals surface area contributed by atoms with Gasteiger partial charge in [0.1, 0.15) is 0 Å². The van der Waals surface area contributed by atoms with Gasteiger partial charge >= 0.3 is 5.97 Å². The van der Waals surface area contributed by atoms with Crippen molar-refractivity contribution in [2.75, 3.05) is 6.61 Å². The molecule has 2 nitrogen and oxygen atoms in total. The molecule has 2 atom stereocenters. The Hall–Kier alpha value is -0.530. The largest absolute Gasteiger partial charge is 0.465 e. The molecule has 0 rings (SSSR count). The average Bonchev–Trinajstić information content (AvgIpc) is 2.84. The zero-order valence-electron chi connectivity index (χ0n) is 24.1. The third-order valence-electron chi connectivity index (χ3n) is 7.54. The Morgan fingerprint density at radius 3 is 1.29 bits per heavy atom. The van der Waals surface area contributed by atoms with Gasteiger partial charge < -0.3 is 4.74 Å². The molecule has 2 unspecified atom stereocenters. The summed E-state index contributed by atoms with van der Waals surface area (Å²) in [6.45, 7) is 9.54. The lowest BCUT2D eigenvalue weighted by molar-refractivity contribution is -0.149. The topological polar surface area (TPSA) is 26.3 Å². The maximum atomic E-state index is 12.5. The summed E-state index contributed by atoms with van der Waals surface area (Å²) in [6, 6.07) is 0. The summed E-state index contributed by atoms with van der Waals surface area (Å²) in [5, 5.41) is 0. The van der Waals surface area contributed by atoms with Crippen molar-refractivity contribution < 1.29 is 9.53 Å². The second kappa shape index (κ2) is 27.1. The van der Waals surface area contributed by atoms with Crippen molar-refractivity contribution >= 4 is 5.97 Å². The summed E-state index contributed by atoms with van der Waals surface area (Å²) in [4.78, 5) is 12.5. The smallest absolute Gasteiger partial charge is 0.308 e. The van der Waals surface area contributed by atoms with Gasteiger partial charge in [-0.25, -0.2) is 0 Å². The predicted molar refractivity (Wildman–Crippen MR) is 151 cm³/mol. The van der Waals surface area contributed by atoms with E-state index in [9.17, 15) is 4.79 Å². The molecule has 0 aromatic heterocycles. The first-order valence-corrected chi connectivity index (χ1v) is 15.8. The molecule has 0 spiro atoms. The molecule has 0 N–H and O–H groups in total. The number of carbonyl (C=O) groups excluding carboxylic acids is 1. The van der Waals surface area contributed by atoms with Crippen molar-refractivity contribution in [2.45, 2.75) is 182 Å². The van der Waals surface area contributed by atoms with Crippen molar-refractivity contribution in [3.63, 3.8) is 0 Å². The number of hydrogen-bond acceptors (Lipinski definition) is 2. The highest BCUT2D eigenvalue weighted by Crippen LogP contribution is 2.20. The summed E-state index contributed by atoms with van der Waals surface area (Å²) in [6.07, 6.45) is 31.8. The van der Waals surface area contributed by atoms with Gasteiger partial charge in [-0.2, -0.15) is 0 Å². The first kappa shape index (κ1) is 33.5. The standard InChI is InChI=1S/C32H64O2/c1-5-8-11-13-15-16-17-18-19-21-22-24-26-30(4)32(33)34-29-31(27-10-7-3)28-25-23-20-14-12-9-6-2/h30-31H,5-29H2,1-4H3. The second-order valence-electron chi connectivity index (χ2n) is 11.1. The molecule has 34 heavy (non-hydrogen) atoms. The zero-order chi connectivity index (χ0) is 25.1. The number of rotatable bonds is 27. The van der Waals surface area contributed by atoms with E-state index in [-0.39, 0.29) is 11.9 Å². The monoisotopic (exact) mass is 480 g/mol. The second-order valence-corrected chi connectivity index (χ2v) is 11.1. The van der Waals surface area contributed by atoms with Crippen LogP contribution in [-0.4, -0.2) is 12.6 Å². The summed E-state index contributed by atoms with van der Waals surface area (Å²) < 4.78 is 5.79. The minimum Gasteiger partial charge on any atom is -0.465 e. The fraction of sp³-hybridized carbons (Fsp3) is 0.969. The third-order valence-corrected chi connectivity index (χ3v) is 7.54. The molecule has 0 aliphatic heterocycles. The molecule has 0 saturated carbocycles. The van der Waals surface area contributed by atoms with Gasteiger partial charge in [0.15, 0.2) is 0 Å². The summed E-state index contributed by atoms with van der Waals surface area (Å²) in [7, 11) is 0. The van der Waals surface area contributed by atoms with Crippen LogP contribution in [0.4, 0.5) is 0 Å². The van der Waals surface area contributed by atoms with Crippen LogP contribution >= 0.6 is 0 Å². The van der Waals surface area contributed by atoms with Crippen molar-refractivity contribution in [3.8, 4) is 0 Å². The van der Waals surface area contributed by atoms with Gasteiger partial charge in [0.05, 0.1) is 12.5 Å². The van der Waals surface area contributed by atoms with E-state index in [2.05, 4.69) is 27.7 Å². The number of hydrogen-bond donors (Lipinski definition) is 0. The number of unbranched alkanes of at least 4 members (excludes halogenated alkanes) is 18. The van der Waals surface area contributed by atoms with E-state index in [0.29, 0.717) is 12.5 Å². The van der Waals surface area contributed by atoms with E-state index in [4.69, 9.17) is 4.74 Å². The Balaban J connectivity index is 3.76. The highest BCUT2D eigenvalue weighted by atomic mass is 16.5. The Bertz CT molecular complexity index is 406. The zero-order valence-corrected chi connectivity index (χ0v) is 24.1. The molecule has 0 aliphatic rings. The van der Waals surface area contributed by atoms with Gasteiger partial charge in [-0.05, 0) is 25.2 Å². The highest BCUT2D eigenvalue weighted by Gasteiger charge is 2.17. The van der Waals surface area contributed by atoms with Gasteiger partial charge in [-0.15, -0.1) is 0 Å². The lowest BCUT2D eigenvalue weighted by Crippen LogP contribution is -2.19. The van der Waals surface area contributed by atoms with Crippen molar-refractivity contribution in [3.05, 3.63) is 0 Å². The Morgan fingerprint density at radius 1 is 0.500 bits per heavy atom. The number of esters is 1. The number of carbonyl (C=O) groups is 1. The van der Waals surface area contributed by atoms with E-state index in [1.165, 1.54) is 148 Å². The van der Waals surface area contributed by atoms with Gasteiger partial charge in [-0.3, -0.25) is 4.79 Å². The molecule has 0 bridgehead atoms. The van der Waals surface area contributed by atoms with Crippen LogP contribution in [0.15, 0.2) is 0 Å². The van der Waals surface area contributed by atoms with Crippen LogP contribution in [0.2, 0.25) is 0 Å². The van der Waals surface area contributed by atoms with E-state index in [0.717, 1.165) is 6.42 Å². The molecule has 0 aromatic rings. The van der Waals surface area contributed by atoms with Crippen LogP contribution in [0.3, 0.4) is 0 Å². The Kier molecular flexibility index (Phi) is 26.6. The summed E-state index contributed by atoms with van der Waals surface area (Å²) >= 11 is 0. The minimum absolute atomic E-state index is 0.0455. The van der Waals surface area contributed by atoms with Crippen LogP contribution in [0.5, 0.6) is 0 Å². The van der Waals surface area contributed by atoms with Crippen LogP contribution in [0, 0.1) is 11.8 Å². The van der Waals surface area contributed by atoms with E-state index in [1.807, 2.05) is 0 Å². The van der Waals surface area contributed by atoms with Gasteiger partial charge in [0, 0.05) is 0 Å². The maximum Gasteiger partial charge on any atom is 0.308 e. The third kappa shape index (κ3) is 23.2. The first-order valence-electron chi connectivity index (χ1n) is 15.8. The normalized spacial score (nSPS) is 13.2. The predicted octanol–water partition coefficient (Wildman–Crippen LogP) is 11.2. The Morgan fingerprint density at radius 2 is 0.853 bits per heavy atom. The van der Waals surface area contributed by atoms with Crippen molar-refractivity contribution in [2.24, 2.45) is 11.8 Å². The molecule has 2 heteroatoms. The molecular formula is C32H64O2. The first-order chi connectivity index (χ1) is 16.7. The summed E-state index contributed by atoms with van der Waals surface area (Å²) in [5.74, 6) is 0.677. The van der Waals surface area contributed by atoms with Crippen molar-refractivity contribution in [1.29, 1.82) is 0 Å². The molecule has 204 valence electrons. The van der Waals surface area contributed by atoms with Gasteiger partial charge in [-0.1, -0.05) is 163 Å². The fourth-order valence-corrected chi connectivity index (χ4v) is 4.95. The quantitative estimate of drug-likeness (QED) is 0.0862. The molecule has 0 heterocycles. The molecule has 0 saturated heterocycles. The van der Waals surface area contributed by atoms with Crippen molar-refractivity contribution in [1.82, 2.24) is 0 Å². The van der Waals surface area contributed by atoms with Crippen LogP contribution in [0.25, 0.3) is 0 Å². The van der Waals surface area contributed by atoms with E-state index < -0.39 is 0 Å². The maximum absolute atomic E-state index is 12.5. The molecule has 0 fully saturated rings. The molecule has 0 radical (unpaired) electrons. The summed E-state index contributed by atoms with van der Waals surface area (Å²) in [5.41, 5.74) is 0. The lowest BCUT2D eigenvalue weighted by atomic mass is 9.95. The molecule has 0 amide bonds. The van der Waals surface area contributed by atoms with Crippen LogP contribution in [0.1, 0.15) is 182 Å².